The van der Waals surface area contributed by atoms with Gasteiger partial charge >= 0.3 is 0 Å². The fourth-order valence-corrected chi connectivity index (χ4v) is 3.90. The van der Waals surface area contributed by atoms with Crippen molar-refractivity contribution in [1.29, 1.82) is 0 Å². The predicted molar refractivity (Wildman–Crippen MR) is 74.9 cm³/mol. The molecule has 108 valence electrons. The van der Waals surface area contributed by atoms with E-state index in [-0.39, 0.29) is 0 Å². The van der Waals surface area contributed by atoms with E-state index in [4.69, 9.17) is 4.74 Å². The smallest absolute Gasteiger partial charge is 0.222 e. The lowest BCUT2D eigenvalue weighted by Crippen LogP contribution is -2.48. The molecule has 2 heterocycles. The Morgan fingerprint density at radius 2 is 1.95 bits per heavy atom. The largest absolute Gasteiger partial charge is 0.381 e. The zero-order chi connectivity index (χ0) is 13.1. The van der Waals surface area contributed by atoms with E-state index >= 15 is 0 Å². The molecule has 2 aliphatic heterocycles. The Labute approximate surface area is 116 Å². The molecule has 19 heavy (non-hydrogen) atoms. The van der Waals surface area contributed by atoms with Gasteiger partial charge in [-0.15, -0.1) is 0 Å². The second kappa shape index (κ2) is 5.82. The highest BCUT2D eigenvalue weighted by Crippen LogP contribution is 2.39. The fourth-order valence-electron chi connectivity index (χ4n) is 3.90. The van der Waals surface area contributed by atoms with Crippen molar-refractivity contribution in [2.24, 2.45) is 11.3 Å². The zero-order valence-electron chi connectivity index (χ0n) is 12.0. The van der Waals surface area contributed by atoms with Crippen molar-refractivity contribution < 1.29 is 9.53 Å². The summed E-state index contributed by atoms with van der Waals surface area (Å²) in [6.45, 7) is 3.78. The van der Waals surface area contributed by atoms with E-state index in [0.29, 0.717) is 11.3 Å². The van der Waals surface area contributed by atoms with Crippen molar-refractivity contribution in [2.45, 2.75) is 57.8 Å². The van der Waals surface area contributed by atoms with Crippen LogP contribution in [-0.2, 0) is 9.53 Å². The SMILES string of the molecule is O=C(CCC1CCC1)N1CCCC2(CCOCC2)C1. The van der Waals surface area contributed by atoms with E-state index in [1.165, 1.54) is 32.1 Å². The van der Waals surface area contributed by atoms with Crippen molar-refractivity contribution in [3.63, 3.8) is 0 Å². The molecule has 0 bridgehead atoms. The lowest BCUT2D eigenvalue weighted by Gasteiger charge is -2.45. The van der Waals surface area contributed by atoms with Gasteiger partial charge in [0.25, 0.3) is 0 Å². The number of nitrogens with zero attached hydrogens (tertiary/aromatic N) is 1. The number of rotatable bonds is 3. The average Bonchev–Trinajstić information content (AvgIpc) is 2.38. The molecule has 0 radical (unpaired) electrons. The van der Waals surface area contributed by atoms with Crippen LogP contribution < -0.4 is 0 Å². The van der Waals surface area contributed by atoms with Gasteiger partial charge in [-0.1, -0.05) is 19.3 Å². The highest BCUT2D eigenvalue weighted by atomic mass is 16.5. The lowest BCUT2D eigenvalue weighted by atomic mass is 9.74. The third-order valence-corrected chi connectivity index (χ3v) is 5.56. The summed E-state index contributed by atoms with van der Waals surface area (Å²) in [5.41, 5.74) is 0.391. The Bertz CT molecular complexity index is 313. The van der Waals surface area contributed by atoms with Gasteiger partial charge in [0.1, 0.15) is 0 Å². The van der Waals surface area contributed by atoms with Crippen LogP contribution in [0.2, 0.25) is 0 Å². The van der Waals surface area contributed by atoms with Crippen molar-refractivity contribution >= 4 is 5.91 Å². The van der Waals surface area contributed by atoms with E-state index in [1.54, 1.807) is 0 Å². The lowest BCUT2D eigenvalue weighted by molar-refractivity contribution is -0.137. The number of carbonyl (C=O) groups is 1. The Morgan fingerprint density at radius 1 is 1.16 bits per heavy atom. The molecule has 0 unspecified atom stereocenters. The predicted octanol–water partition coefficient (Wildman–Crippen LogP) is 2.99. The van der Waals surface area contributed by atoms with E-state index in [0.717, 1.165) is 57.9 Å². The topological polar surface area (TPSA) is 29.5 Å². The molecule has 3 rings (SSSR count). The standard InChI is InChI=1S/C16H27NO2/c18-15(6-5-14-3-1-4-14)17-10-2-7-16(13-17)8-11-19-12-9-16/h14H,1-13H2. The Balaban J connectivity index is 1.50. The minimum Gasteiger partial charge on any atom is -0.381 e. The second-order valence-electron chi connectivity index (χ2n) is 6.87. The minimum atomic E-state index is 0.391. The summed E-state index contributed by atoms with van der Waals surface area (Å²) in [5, 5.41) is 0. The molecule has 0 atom stereocenters. The Hall–Kier alpha value is -0.570. The normalized spacial score (nSPS) is 27.3. The molecule has 0 aromatic heterocycles. The number of hydrogen-bond acceptors (Lipinski definition) is 2. The third-order valence-electron chi connectivity index (χ3n) is 5.56. The van der Waals surface area contributed by atoms with E-state index in [9.17, 15) is 4.79 Å². The molecule has 0 aromatic rings. The fraction of sp³-hybridized carbons (Fsp3) is 0.938. The summed E-state index contributed by atoms with van der Waals surface area (Å²) in [6, 6.07) is 0. The number of piperidine rings is 1. The van der Waals surface area contributed by atoms with Gasteiger partial charge in [0.05, 0.1) is 0 Å². The maximum Gasteiger partial charge on any atom is 0.222 e. The summed E-state index contributed by atoms with van der Waals surface area (Å²) in [4.78, 5) is 14.5. The van der Waals surface area contributed by atoms with Gasteiger partial charge in [-0.2, -0.15) is 0 Å². The van der Waals surface area contributed by atoms with Gasteiger partial charge in [-0.05, 0) is 43.4 Å². The zero-order valence-corrected chi connectivity index (χ0v) is 12.0. The molecule has 1 aliphatic carbocycles. The van der Waals surface area contributed by atoms with Gasteiger partial charge in [0.15, 0.2) is 0 Å². The molecule has 1 saturated carbocycles. The average molecular weight is 265 g/mol. The van der Waals surface area contributed by atoms with Gasteiger partial charge in [-0.25, -0.2) is 0 Å². The van der Waals surface area contributed by atoms with Crippen LogP contribution in [0.3, 0.4) is 0 Å². The number of hydrogen-bond donors (Lipinski definition) is 0. The molecule has 2 saturated heterocycles. The first kappa shape index (κ1) is 13.4. The van der Waals surface area contributed by atoms with E-state index < -0.39 is 0 Å². The monoisotopic (exact) mass is 265 g/mol. The highest BCUT2D eigenvalue weighted by molar-refractivity contribution is 5.76. The molecular weight excluding hydrogens is 238 g/mol. The van der Waals surface area contributed by atoms with Crippen LogP contribution in [-0.4, -0.2) is 37.1 Å². The number of likely N-dealkylation sites (tertiary alicyclic amines) is 1. The van der Waals surface area contributed by atoms with Crippen LogP contribution in [0.5, 0.6) is 0 Å². The summed E-state index contributed by atoms with van der Waals surface area (Å²) in [5.74, 6) is 1.27. The maximum atomic E-state index is 12.4. The highest BCUT2D eigenvalue weighted by Gasteiger charge is 2.38. The number of amides is 1. The van der Waals surface area contributed by atoms with E-state index in [2.05, 4.69) is 4.90 Å². The molecule has 3 fully saturated rings. The van der Waals surface area contributed by atoms with Gasteiger partial charge in [-0.3, -0.25) is 4.79 Å². The van der Waals surface area contributed by atoms with Crippen LogP contribution in [0.4, 0.5) is 0 Å². The molecule has 1 amide bonds. The number of ether oxygens (including phenoxy) is 1. The maximum absolute atomic E-state index is 12.4. The van der Waals surface area contributed by atoms with Crippen LogP contribution in [0.1, 0.15) is 57.8 Å². The van der Waals surface area contributed by atoms with E-state index in [1.807, 2.05) is 0 Å². The summed E-state index contributed by atoms with van der Waals surface area (Å²) < 4.78 is 5.49. The van der Waals surface area contributed by atoms with Gasteiger partial charge in [0.2, 0.25) is 5.91 Å². The molecule has 3 heteroatoms. The van der Waals surface area contributed by atoms with Crippen LogP contribution in [0.15, 0.2) is 0 Å². The minimum absolute atomic E-state index is 0.391. The summed E-state index contributed by atoms with van der Waals surface area (Å²) in [6.07, 6.45) is 10.8. The Morgan fingerprint density at radius 3 is 2.63 bits per heavy atom. The van der Waals surface area contributed by atoms with Crippen molar-refractivity contribution in [2.75, 3.05) is 26.3 Å². The first-order chi connectivity index (χ1) is 9.27. The van der Waals surface area contributed by atoms with Crippen molar-refractivity contribution in [3.05, 3.63) is 0 Å². The molecular formula is C16H27NO2. The second-order valence-corrected chi connectivity index (χ2v) is 6.87. The van der Waals surface area contributed by atoms with Crippen molar-refractivity contribution in [3.8, 4) is 0 Å². The molecule has 0 N–H and O–H groups in total. The van der Waals surface area contributed by atoms with Crippen LogP contribution >= 0.6 is 0 Å². The van der Waals surface area contributed by atoms with Crippen LogP contribution in [0.25, 0.3) is 0 Å². The Kier molecular flexibility index (Phi) is 4.11. The molecule has 3 aliphatic rings. The molecule has 0 aromatic carbocycles. The van der Waals surface area contributed by atoms with Gasteiger partial charge < -0.3 is 9.64 Å². The molecule has 1 spiro atoms. The summed E-state index contributed by atoms with van der Waals surface area (Å²) >= 11 is 0. The van der Waals surface area contributed by atoms with Gasteiger partial charge in [0, 0.05) is 32.7 Å². The van der Waals surface area contributed by atoms with Crippen LogP contribution in [0, 0.1) is 11.3 Å². The quantitative estimate of drug-likeness (QED) is 0.785. The first-order valence-electron chi connectivity index (χ1n) is 8.13. The third kappa shape index (κ3) is 3.13. The summed E-state index contributed by atoms with van der Waals surface area (Å²) in [7, 11) is 0. The first-order valence-corrected chi connectivity index (χ1v) is 8.13. The van der Waals surface area contributed by atoms with Crippen molar-refractivity contribution in [1.82, 2.24) is 4.90 Å². The molecule has 3 nitrogen and oxygen atoms in total. The number of carbonyl (C=O) groups excluding carboxylic acids is 1.